The number of nitrogens with zero attached hydrogens (tertiary/aromatic N) is 3. The second-order valence-corrected chi connectivity index (χ2v) is 8.00. The number of rotatable bonds is 6. The van der Waals surface area contributed by atoms with E-state index in [2.05, 4.69) is 10.2 Å². The smallest absolute Gasteiger partial charge is 0.343 e. The van der Waals surface area contributed by atoms with Crippen molar-refractivity contribution in [3.05, 3.63) is 63.9 Å². The molecule has 3 heterocycles. The Morgan fingerprint density at radius 1 is 1.39 bits per heavy atom. The summed E-state index contributed by atoms with van der Waals surface area (Å²) in [5.41, 5.74) is 7.26. The van der Waals surface area contributed by atoms with Crippen LogP contribution in [-0.4, -0.2) is 40.9 Å². The van der Waals surface area contributed by atoms with E-state index in [0.29, 0.717) is 23.3 Å². The highest BCUT2D eigenvalue weighted by molar-refractivity contribution is 7.15. The second-order valence-electron chi connectivity index (χ2n) is 6.89. The number of carbonyl (C=O) groups is 1. The zero-order valence-corrected chi connectivity index (χ0v) is 18.2. The van der Waals surface area contributed by atoms with E-state index in [1.807, 2.05) is 30.3 Å². The number of H-pyrrole nitrogens is 1. The van der Waals surface area contributed by atoms with Crippen LogP contribution in [0.5, 0.6) is 5.75 Å². The predicted octanol–water partition coefficient (Wildman–Crippen LogP) is 2.87. The van der Waals surface area contributed by atoms with E-state index < -0.39 is 6.04 Å². The largest absolute Gasteiger partial charge is 0.482 e. The molecule has 2 aromatic heterocycles. The van der Waals surface area contributed by atoms with Crippen LogP contribution in [0.4, 0.5) is 10.1 Å². The molecule has 1 amide bonds. The lowest BCUT2D eigenvalue weighted by atomic mass is 10.1. The lowest BCUT2D eigenvalue weighted by Gasteiger charge is -2.26. The summed E-state index contributed by atoms with van der Waals surface area (Å²) in [4.78, 5) is 27.5. The summed E-state index contributed by atoms with van der Waals surface area (Å²) in [6.45, 7) is 0.0850. The van der Waals surface area contributed by atoms with E-state index in [1.54, 1.807) is 11.9 Å². The third kappa shape index (κ3) is 4.41. The number of hydrogen-bond acceptors (Lipinski definition) is 6. The Morgan fingerprint density at radius 3 is 2.87 bits per heavy atom. The fraction of sp³-hybridized carbons (Fsp3) is 0.250. The summed E-state index contributed by atoms with van der Waals surface area (Å²) < 4.78 is 20.1. The molecule has 3 aromatic rings. The molecule has 0 bridgehead atoms. The van der Waals surface area contributed by atoms with Gasteiger partial charge in [-0.2, -0.15) is 5.10 Å². The minimum Gasteiger partial charge on any atom is -0.482 e. The lowest BCUT2D eigenvalue weighted by molar-refractivity contribution is -0.120. The van der Waals surface area contributed by atoms with E-state index in [4.69, 9.17) is 10.5 Å². The van der Waals surface area contributed by atoms with Crippen LogP contribution in [-0.2, 0) is 4.79 Å². The summed E-state index contributed by atoms with van der Waals surface area (Å²) in [6.07, 6.45) is 2.14. The first kappa shape index (κ1) is 22.7. The van der Waals surface area contributed by atoms with Crippen molar-refractivity contribution >= 4 is 35.3 Å². The Hall–Kier alpha value is -2.95. The highest BCUT2D eigenvalue weighted by Gasteiger charge is 2.24. The van der Waals surface area contributed by atoms with Gasteiger partial charge in [0.25, 0.3) is 5.91 Å². The highest BCUT2D eigenvalue weighted by Crippen LogP contribution is 2.39. The molecule has 0 fully saturated rings. The molecule has 1 aliphatic rings. The molecule has 0 saturated carbocycles. The summed E-state index contributed by atoms with van der Waals surface area (Å²) in [7, 11) is 1.71. The standard InChI is InChI=1S/C20H20FN5O3S.ClH/c1-25-14-7-13(2-3-16(14)29-10-19(25)27)17-4-5-18(30-17)15(6-12(8-21)9-22)26-11-23-24-20(26)28;/h2-5,7-8,11,15H,6,9-10,22H2,1H3,(H,24,28);1H/b12-8+;. The van der Waals surface area contributed by atoms with Crippen molar-refractivity contribution in [2.75, 3.05) is 25.1 Å². The van der Waals surface area contributed by atoms with Gasteiger partial charge in [-0.25, -0.2) is 14.3 Å². The highest BCUT2D eigenvalue weighted by atomic mass is 35.5. The number of nitrogens with one attached hydrogen (secondary N) is 1. The van der Waals surface area contributed by atoms with Crippen molar-refractivity contribution in [2.24, 2.45) is 5.73 Å². The number of fused-ring (bicyclic) bond motifs is 1. The molecule has 1 aliphatic heterocycles. The molecule has 4 rings (SSSR count). The number of aromatic amines is 1. The number of nitrogens with two attached hydrogens (primary N) is 1. The van der Waals surface area contributed by atoms with Crippen LogP contribution >= 0.6 is 23.7 Å². The van der Waals surface area contributed by atoms with Crippen LogP contribution in [0.1, 0.15) is 17.3 Å². The Bertz CT molecular complexity index is 1170. The van der Waals surface area contributed by atoms with Crippen LogP contribution in [0.3, 0.4) is 0 Å². The SMILES string of the molecule is CN1C(=O)COc2ccc(-c3ccc(C(C/C(=C\F)CN)n4cn[nH]c4=O)s3)cc21.Cl. The molecule has 8 nitrogen and oxygen atoms in total. The first-order valence-electron chi connectivity index (χ1n) is 9.25. The van der Waals surface area contributed by atoms with Crippen LogP contribution < -0.4 is 21.1 Å². The second kappa shape index (κ2) is 9.46. The Kier molecular flexibility index (Phi) is 6.94. The van der Waals surface area contributed by atoms with Crippen molar-refractivity contribution in [1.29, 1.82) is 0 Å². The van der Waals surface area contributed by atoms with Crippen molar-refractivity contribution < 1.29 is 13.9 Å². The van der Waals surface area contributed by atoms with E-state index in [0.717, 1.165) is 15.3 Å². The molecule has 0 aliphatic carbocycles. The molecule has 0 radical (unpaired) electrons. The summed E-state index contributed by atoms with van der Waals surface area (Å²) >= 11 is 1.48. The van der Waals surface area contributed by atoms with Gasteiger partial charge in [0, 0.05) is 23.3 Å². The molecule has 164 valence electrons. The van der Waals surface area contributed by atoms with Gasteiger partial charge in [-0.1, -0.05) is 0 Å². The zero-order chi connectivity index (χ0) is 21.3. The monoisotopic (exact) mass is 465 g/mol. The van der Waals surface area contributed by atoms with Gasteiger partial charge in [-0.15, -0.1) is 23.7 Å². The number of amides is 1. The molecule has 0 spiro atoms. The van der Waals surface area contributed by atoms with Crippen LogP contribution in [0, 0.1) is 0 Å². The summed E-state index contributed by atoms with van der Waals surface area (Å²) in [6, 6.07) is 9.06. The summed E-state index contributed by atoms with van der Waals surface area (Å²) in [5.74, 6) is 0.541. The molecule has 0 saturated heterocycles. The average molecular weight is 466 g/mol. The minimum atomic E-state index is -0.439. The van der Waals surface area contributed by atoms with Gasteiger partial charge in [0.2, 0.25) is 0 Å². The number of carbonyl (C=O) groups excluding carboxylic acids is 1. The fourth-order valence-electron chi connectivity index (χ4n) is 3.35. The molecule has 3 N–H and O–H groups in total. The Labute approximate surface area is 187 Å². The number of benzene rings is 1. The zero-order valence-electron chi connectivity index (χ0n) is 16.6. The Balaban J connectivity index is 0.00000272. The number of aromatic nitrogens is 3. The quantitative estimate of drug-likeness (QED) is 0.582. The van der Waals surface area contributed by atoms with Crippen LogP contribution in [0.25, 0.3) is 10.4 Å². The van der Waals surface area contributed by atoms with Crippen LogP contribution in [0.2, 0.25) is 0 Å². The molecule has 1 atom stereocenters. The Morgan fingerprint density at radius 2 is 2.19 bits per heavy atom. The number of ether oxygens (including phenoxy) is 1. The molecular weight excluding hydrogens is 445 g/mol. The summed E-state index contributed by atoms with van der Waals surface area (Å²) in [5, 5.41) is 6.17. The minimum absolute atomic E-state index is 0. The van der Waals surface area contributed by atoms with Crippen molar-refractivity contribution in [1.82, 2.24) is 14.8 Å². The maximum Gasteiger partial charge on any atom is 0.343 e. The van der Waals surface area contributed by atoms with E-state index in [-0.39, 0.29) is 43.6 Å². The number of thiophene rings is 1. The molecule has 11 heteroatoms. The maximum atomic E-state index is 13.2. The number of anilines is 1. The van der Waals surface area contributed by atoms with E-state index >= 15 is 0 Å². The van der Waals surface area contributed by atoms with Gasteiger partial charge in [-0.05, 0) is 47.9 Å². The number of hydrogen-bond donors (Lipinski definition) is 2. The molecular formula is C20H21ClFN5O3S. The maximum absolute atomic E-state index is 13.2. The number of halogens is 2. The normalized spacial score (nSPS) is 14.6. The first-order chi connectivity index (χ1) is 14.5. The third-order valence-corrected chi connectivity index (χ3v) is 6.31. The van der Waals surface area contributed by atoms with Crippen molar-refractivity contribution in [3.8, 4) is 16.2 Å². The fourth-order valence-corrected chi connectivity index (χ4v) is 4.45. The first-order valence-corrected chi connectivity index (χ1v) is 10.1. The van der Waals surface area contributed by atoms with Gasteiger partial charge < -0.3 is 15.4 Å². The van der Waals surface area contributed by atoms with E-state index in [1.165, 1.54) is 22.2 Å². The average Bonchev–Trinajstić information content (AvgIpc) is 3.41. The van der Waals surface area contributed by atoms with Gasteiger partial charge in [0.1, 0.15) is 12.1 Å². The number of likely N-dealkylation sites (N-methyl/N-ethyl adjacent to an activating group) is 1. The molecule has 1 unspecified atom stereocenters. The predicted molar refractivity (Wildman–Crippen MR) is 120 cm³/mol. The van der Waals surface area contributed by atoms with Crippen molar-refractivity contribution in [2.45, 2.75) is 12.5 Å². The lowest BCUT2D eigenvalue weighted by Crippen LogP contribution is -2.35. The topological polar surface area (TPSA) is 106 Å². The van der Waals surface area contributed by atoms with Crippen molar-refractivity contribution in [3.63, 3.8) is 0 Å². The van der Waals surface area contributed by atoms with Gasteiger partial charge >= 0.3 is 5.69 Å². The molecule has 31 heavy (non-hydrogen) atoms. The van der Waals surface area contributed by atoms with Gasteiger partial charge in [0.15, 0.2) is 6.61 Å². The third-order valence-electron chi connectivity index (χ3n) is 5.07. The van der Waals surface area contributed by atoms with Crippen LogP contribution in [0.15, 0.2) is 53.4 Å². The van der Waals surface area contributed by atoms with Gasteiger partial charge in [0.05, 0.1) is 18.1 Å². The van der Waals surface area contributed by atoms with E-state index in [9.17, 15) is 14.0 Å². The van der Waals surface area contributed by atoms with Gasteiger partial charge in [-0.3, -0.25) is 9.36 Å². The molecule has 1 aromatic carbocycles.